The van der Waals surface area contributed by atoms with E-state index < -0.39 is 17.3 Å². The molecule has 2 aliphatic heterocycles. The Balaban J connectivity index is 1.65. The van der Waals surface area contributed by atoms with E-state index in [0.29, 0.717) is 33.5 Å². The minimum Gasteiger partial charge on any atom is -0.506 e. The smallest absolute Gasteiger partial charge is 0.190 e. The predicted octanol–water partition coefficient (Wildman–Crippen LogP) is 10.3. The van der Waals surface area contributed by atoms with Gasteiger partial charge in [-0.1, -0.05) is 109 Å². The molecule has 52 heavy (non-hydrogen) atoms. The Morgan fingerprint density at radius 3 is 1.63 bits per heavy atom. The highest BCUT2D eigenvalue weighted by atomic mass is 16.3. The first-order valence-electron chi connectivity index (χ1n) is 16.7. The molecule has 9 rings (SSSR count). The number of rotatable bonds is 4. The highest BCUT2D eigenvalue weighted by molar-refractivity contribution is 6.11. The van der Waals surface area contributed by atoms with E-state index in [0.717, 1.165) is 33.5 Å². The Labute approximate surface area is 297 Å². The average molecular weight is 679 g/mol. The van der Waals surface area contributed by atoms with Crippen LogP contribution in [0.15, 0.2) is 140 Å². The number of aliphatic hydroxyl groups excluding tert-OH is 2. The highest BCUT2D eigenvalue weighted by Gasteiger charge is 2.31. The maximum atomic E-state index is 11.9. The molecule has 5 N–H and O–H groups in total. The second kappa shape index (κ2) is 12.2. The minimum absolute atomic E-state index is 0.0434. The van der Waals surface area contributed by atoms with Crippen molar-refractivity contribution < 1.29 is 20.4 Å². The summed E-state index contributed by atoms with van der Waals surface area (Å²) in [4.78, 5) is 12.7. The van der Waals surface area contributed by atoms with Crippen molar-refractivity contribution in [2.45, 2.75) is 0 Å². The fourth-order valence-corrected chi connectivity index (χ4v) is 7.06. The van der Waals surface area contributed by atoms with Gasteiger partial charge in [0.15, 0.2) is 23.0 Å². The van der Waals surface area contributed by atoms with Gasteiger partial charge < -0.3 is 30.0 Å². The number of para-hydroxylation sites is 1. The largest absolute Gasteiger partial charge is 0.506 e. The summed E-state index contributed by atoms with van der Waals surface area (Å²) >= 11 is 0. The van der Waals surface area contributed by atoms with Crippen molar-refractivity contribution in [1.82, 2.24) is 19.5 Å². The van der Waals surface area contributed by atoms with E-state index >= 15 is 0 Å². The molecular formula is C44H30N4O4. The first-order chi connectivity index (χ1) is 25.5. The molecule has 250 valence electrons. The molecule has 0 atom stereocenters. The molecule has 0 spiro atoms. The van der Waals surface area contributed by atoms with Gasteiger partial charge in [-0.25, -0.2) is 9.97 Å². The summed E-state index contributed by atoms with van der Waals surface area (Å²) in [6, 6.07) is 45.0. The van der Waals surface area contributed by atoms with Gasteiger partial charge in [0.05, 0.1) is 22.4 Å². The Morgan fingerprint density at radius 1 is 0.500 bits per heavy atom. The van der Waals surface area contributed by atoms with Crippen molar-refractivity contribution >= 4 is 45.7 Å². The van der Waals surface area contributed by atoms with Gasteiger partial charge in [0.25, 0.3) is 0 Å². The van der Waals surface area contributed by atoms with Crippen molar-refractivity contribution in [3.63, 3.8) is 0 Å². The third-order valence-corrected chi connectivity index (χ3v) is 9.33. The summed E-state index contributed by atoms with van der Waals surface area (Å²) in [7, 11) is 0. The van der Waals surface area contributed by atoms with E-state index in [2.05, 4.69) is 39.9 Å². The lowest BCUT2D eigenvalue weighted by molar-refractivity contribution is 0.445. The van der Waals surface area contributed by atoms with Crippen molar-refractivity contribution in [2.24, 2.45) is 0 Å². The topological polar surface area (TPSA) is 127 Å². The van der Waals surface area contributed by atoms with E-state index in [1.54, 1.807) is 6.07 Å². The van der Waals surface area contributed by atoms with Crippen LogP contribution in [-0.4, -0.2) is 39.9 Å². The Morgan fingerprint density at radius 2 is 1.02 bits per heavy atom. The van der Waals surface area contributed by atoms with Crippen LogP contribution in [0, 0.1) is 0 Å². The van der Waals surface area contributed by atoms with Gasteiger partial charge in [-0.15, -0.1) is 0 Å². The number of aromatic hydroxyl groups is 2. The summed E-state index contributed by atoms with van der Waals surface area (Å²) in [5.41, 5.74) is 8.64. The van der Waals surface area contributed by atoms with E-state index in [9.17, 15) is 20.4 Å². The van der Waals surface area contributed by atoms with Crippen LogP contribution < -0.4 is 0 Å². The van der Waals surface area contributed by atoms with Crippen molar-refractivity contribution in [1.29, 1.82) is 0 Å². The molecule has 0 amide bonds. The Kier molecular flexibility index (Phi) is 7.22. The van der Waals surface area contributed by atoms with Gasteiger partial charge in [-0.3, -0.25) is 0 Å². The molecule has 8 heteroatoms. The zero-order valence-corrected chi connectivity index (χ0v) is 27.6. The zero-order chi connectivity index (χ0) is 35.3. The van der Waals surface area contributed by atoms with Gasteiger partial charge in [-0.2, -0.15) is 0 Å². The van der Waals surface area contributed by atoms with Gasteiger partial charge in [0.2, 0.25) is 0 Å². The molecule has 8 nitrogen and oxygen atoms in total. The van der Waals surface area contributed by atoms with Gasteiger partial charge in [0.1, 0.15) is 17.0 Å². The molecule has 0 saturated carbocycles. The molecule has 4 aromatic carbocycles. The van der Waals surface area contributed by atoms with Crippen LogP contribution in [0.5, 0.6) is 11.5 Å². The SMILES string of the molecule is OC1=C(O)c2nc1c(O)c1[nH]c(cc3nc(cc4c(-c5ccccc5)c(-c5ccccc5)c(c2-c2ccccc2)n4-c2ccccc2)C=C3)cc1O. The van der Waals surface area contributed by atoms with Crippen molar-refractivity contribution in [2.75, 3.05) is 0 Å². The van der Waals surface area contributed by atoms with Crippen LogP contribution in [0.2, 0.25) is 0 Å². The second-order valence-corrected chi connectivity index (χ2v) is 12.6. The maximum Gasteiger partial charge on any atom is 0.190 e. The highest BCUT2D eigenvalue weighted by Crippen LogP contribution is 2.48. The quantitative estimate of drug-likeness (QED) is 0.126. The minimum atomic E-state index is -0.624. The lowest BCUT2D eigenvalue weighted by Gasteiger charge is -2.14. The van der Waals surface area contributed by atoms with E-state index in [1.807, 2.05) is 109 Å². The number of aromatic nitrogens is 4. The van der Waals surface area contributed by atoms with Crippen LogP contribution in [0.4, 0.5) is 0 Å². The van der Waals surface area contributed by atoms with Crippen LogP contribution in [0.25, 0.3) is 84.8 Å². The fourth-order valence-electron chi connectivity index (χ4n) is 7.06. The van der Waals surface area contributed by atoms with Crippen molar-refractivity contribution in [3.8, 4) is 50.6 Å². The summed E-state index contributed by atoms with van der Waals surface area (Å²) < 4.78 is 2.15. The standard InChI is InChI=1S/C44H30N4O4/c49-34-25-31-23-29-21-22-30(45-29)24-33-35(26-13-5-1-6-14-26)36(27-15-7-2-8-16-27)41(48(33)32-19-11-4-12-20-32)37(28-17-9-3-10-18-28)39-43(51)44(52)40(47-39)42(50)38(34)46-31/h1-25,46,49-52H. The number of fused-ring (bicyclic) bond motifs is 8. The summed E-state index contributed by atoms with van der Waals surface area (Å²) in [6.45, 7) is 0. The number of benzene rings is 4. The van der Waals surface area contributed by atoms with E-state index in [4.69, 9.17) is 9.97 Å². The van der Waals surface area contributed by atoms with Crippen LogP contribution in [0.3, 0.4) is 0 Å². The van der Waals surface area contributed by atoms with Crippen molar-refractivity contribution in [3.05, 3.63) is 162 Å². The van der Waals surface area contributed by atoms with Gasteiger partial charge in [-0.05, 0) is 53.1 Å². The lowest BCUT2D eigenvalue weighted by Crippen LogP contribution is -1.98. The summed E-state index contributed by atoms with van der Waals surface area (Å²) in [5, 5.41) is 45.8. The number of hydrogen-bond donors (Lipinski definition) is 5. The first kappa shape index (κ1) is 30.7. The molecular weight excluding hydrogens is 649 g/mol. The lowest BCUT2D eigenvalue weighted by atomic mass is 9.93. The molecule has 0 aliphatic carbocycles. The molecule has 3 aromatic heterocycles. The van der Waals surface area contributed by atoms with E-state index in [-0.39, 0.29) is 22.7 Å². The fraction of sp³-hybridized carbons (Fsp3) is 0. The molecule has 5 heterocycles. The average Bonchev–Trinajstić information content (AvgIpc) is 3.94. The van der Waals surface area contributed by atoms with Crippen LogP contribution in [0.1, 0.15) is 22.8 Å². The maximum absolute atomic E-state index is 11.9. The molecule has 7 aromatic rings. The third-order valence-electron chi connectivity index (χ3n) is 9.33. The second-order valence-electron chi connectivity index (χ2n) is 12.6. The molecule has 8 bridgehead atoms. The Hall–Kier alpha value is -7.32. The van der Waals surface area contributed by atoms with Gasteiger partial charge in [0, 0.05) is 34.0 Å². The number of hydrogen-bond acceptors (Lipinski definition) is 6. The number of nitrogens with one attached hydrogen (secondary N) is 1. The molecule has 2 aliphatic rings. The molecule has 0 unspecified atom stereocenters. The summed E-state index contributed by atoms with van der Waals surface area (Å²) in [6.07, 6.45) is 3.82. The third kappa shape index (κ3) is 5.01. The number of aromatic amines is 1. The number of nitrogens with zero attached hydrogens (tertiary/aromatic N) is 3. The summed E-state index contributed by atoms with van der Waals surface area (Å²) in [5.74, 6) is -1.94. The molecule has 0 saturated heterocycles. The monoisotopic (exact) mass is 678 g/mol. The van der Waals surface area contributed by atoms with Crippen LogP contribution >= 0.6 is 0 Å². The molecule has 0 radical (unpaired) electrons. The predicted molar refractivity (Wildman–Crippen MR) is 207 cm³/mol. The van der Waals surface area contributed by atoms with Crippen LogP contribution in [-0.2, 0) is 0 Å². The molecule has 0 fully saturated rings. The zero-order valence-electron chi connectivity index (χ0n) is 27.6. The Bertz CT molecular complexity index is 2750. The number of H-pyrrole nitrogens is 1. The first-order valence-corrected chi connectivity index (χ1v) is 16.7. The van der Waals surface area contributed by atoms with Gasteiger partial charge >= 0.3 is 0 Å². The number of aliphatic hydroxyl groups is 2. The normalized spacial score (nSPS) is 12.4. The van der Waals surface area contributed by atoms with E-state index in [1.165, 1.54) is 6.07 Å².